The monoisotopic (exact) mass is 262 g/mol. The fourth-order valence-electron chi connectivity index (χ4n) is 1.73. The molecule has 0 bridgehead atoms. The van der Waals surface area contributed by atoms with Crippen LogP contribution in [-0.4, -0.2) is 30.4 Å². The summed E-state index contributed by atoms with van der Waals surface area (Å²) in [5.41, 5.74) is 2.11. The zero-order chi connectivity index (χ0) is 13.5. The predicted octanol–water partition coefficient (Wildman–Crippen LogP) is 2.01. The van der Waals surface area contributed by atoms with E-state index in [2.05, 4.69) is 10.3 Å². The van der Waals surface area contributed by atoms with Gasteiger partial charge in [0, 0.05) is 30.7 Å². The van der Waals surface area contributed by atoms with Crippen LogP contribution < -0.4 is 14.8 Å². The highest BCUT2D eigenvalue weighted by Gasteiger charge is 2.05. The molecule has 0 spiro atoms. The molecule has 0 aliphatic heterocycles. The van der Waals surface area contributed by atoms with Crippen molar-refractivity contribution in [2.45, 2.75) is 6.54 Å². The molecule has 1 aromatic heterocycles. The minimum absolute atomic E-state index is 0.0237. The van der Waals surface area contributed by atoms with Gasteiger partial charge >= 0.3 is 0 Å². The molecular formula is C14H18N2O3. The number of aromatic nitrogens is 1. The number of hydrogen-bond donors (Lipinski definition) is 3. The highest BCUT2D eigenvalue weighted by molar-refractivity contribution is 5.54. The van der Waals surface area contributed by atoms with E-state index in [0.29, 0.717) is 11.5 Å². The summed E-state index contributed by atoms with van der Waals surface area (Å²) in [6.07, 6.45) is 3.83. The van der Waals surface area contributed by atoms with Crippen molar-refractivity contribution in [1.29, 1.82) is 0 Å². The Hall–Kier alpha value is -2.14. The third-order valence-electron chi connectivity index (χ3n) is 2.67. The van der Waals surface area contributed by atoms with Crippen LogP contribution in [0, 0.1) is 0 Å². The van der Waals surface area contributed by atoms with Crippen LogP contribution in [0.1, 0.15) is 5.56 Å². The Balaban J connectivity index is 2.04. The highest BCUT2D eigenvalue weighted by atomic mass is 16.5. The number of nitrogens with one attached hydrogen (secondary N) is 2. The molecule has 19 heavy (non-hydrogen) atoms. The Kier molecular flexibility index (Phi) is 4.69. The van der Waals surface area contributed by atoms with Gasteiger partial charge in [-0.3, -0.25) is 0 Å². The molecule has 0 saturated heterocycles. The minimum Gasteiger partial charge on any atom is -0.493 e. The van der Waals surface area contributed by atoms with Crippen molar-refractivity contribution < 1.29 is 14.6 Å². The largest absolute Gasteiger partial charge is 0.493 e. The summed E-state index contributed by atoms with van der Waals surface area (Å²) in [5.74, 6) is 1.27. The van der Waals surface area contributed by atoms with Gasteiger partial charge in [-0.05, 0) is 23.8 Å². The number of rotatable bonds is 7. The average molecular weight is 262 g/mol. The molecule has 1 heterocycles. The number of hydrogen-bond acceptors (Lipinski definition) is 4. The Labute approximate surface area is 112 Å². The fraction of sp³-hybridized carbons (Fsp3) is 0.286. The van der Waals surface area contributed by atoms with Gasteiger partial charge in [0.05, 0.1) is 13.7 Å². The highest BCUT2D eigenvalue weighted by Crippen LogP contribution is 2.30. The number of methoxy groups -OCH3 is 1. The molecule has 0 atom stereocenters. The summed E-state index contributed by atoms with van der Waals surface area (Å²) in [5, 5.41) is 12.1. The molecule has 2 rings (SSSR count). The third kappa shape index (κ3) is 3.66. The van der Waals surface area contributed by atoms with Gasteiger partial charge in [-0.1, -0.05) is 0 Å². The van der Waals surface area contributed by atoms with E-state index in [0.717, 1.165) is 12.2 Å². The third-order valence-corrected chi connectivity index (χ3v) is 2.67. The van der Waals surface area contributed by atoms with Gasteiger partial charge in [-0.2, -0.15) is 0 Å². The molecule has 0 radical (unpaired) electrons. The summed E-state index contributed by atoms with van der Waals surface area (Å²) < 4.78 is 10.6. The second-order valence-corrected chi connectivity index (χ2v) is 4.01. The average Bonchev–Trinajstić information content (AvgIpc) is 2.96. The maximum Gasteiger partial charge on any atom is 0.163 e. The van der Waals surface area contributed by atoms with Gasteiger partial charge in [0.1, 0.15) is 6.61 Å². The molecule has 3 N–H and O–H groups in total. The van der Waals surface area contributed by atoms with Crippen molar-refractivity contribution in [2.75, 3.05) is 25.6 Å². The molecule has 5 nitrogen and oxygen atoms in total. The molecule has 0 saturated carbocycles. The van der Waals surface area contributed by atoms with Crippen LogP contribution in [0.2, 0.25) is 0 Å². The van der Waals surface area contributed by atoms with E-state index in [1.807, 2.05) is 36.7 Å². The first-order valence-corrected chi connectivity index (χ1v) is 6.10. The summed E-state index contributed by atoms with van der Waals surface area (Å²) in [4.78, 5) is 3.01. The Bertz CT molecular complexity index is 497. The van der Waals surface area contributed by atoms with Crippen molar-refractivity contribution in [3.05, 3.63) is 42.2 Å². The fourth-order valence-corrected chi connectivity index (χ4v) is 1.73. The summed E-state index contributed by atoms with van der Waals surface area (Å²) >= 11 is 0. The second-order valence-electron chi connectivity index (χ2n) is 4.01. The van der Waals surface area contributed by atoms with E-state index in [4.69, 9.17) is 14.6 Å². The number of aliphatic hydroxyl groups excluding tert-OH is 1. The SMILES string of the molecule is COc1ccc(NCc2cc[nH]c2)cc1OCCO. The van der Waals surface area contributed by atoms with Gasteiger partial charge in [0.2, 0.25) is 0 Å². The second kappa shape index (κ2) is 6.70. The lowest BCUT2D eigenvalue weighted by Crippen LogP contribution is -2.04. The van der Waals surface area contributed by atoms with Crippen LogP contribution >= 0.6 is 0 Å². The number of benzene rings is 1. The lowest BCUT2D eigenvalue weighted by molar-refractivity contribution is 0.196. The first-order chi connectivity index (χ1) is 9.33. The summed E-state index contributed by atoms with van der Waals surface area (Å²) in [6.45, 7) is 0.955. The van der Waals surface area contributed by atoms with E-state index in [9.17, 15) is 0 Å². The Morgan fingerprint density at radius 3 is 2.84 bits per heavy atom. The van der Waals surface area contributed by atoms with E-state index in [1.165, 1.54) is 5.56 Å². The number of aliphatic hydroxyl groups is 1. The summed E-state index contributed by atoms with van der Waals surface area (Å²) in [7, 11) is 1.59. The van der Waals surface area contributed by atoms with E-state index in [1.54, 1.807) is 7.11 Å². The van der Waals surface area contributed by atoms with Crippen molar-refractivity contribution in [3.8, 4) is 11.5 Å². The van der Waals surface area contributed by atoms with Gasteiger partial charge in [-0.15, -0.1) is 0 Å². The predicted molar refractivity (Wildman–Crippen MR) is 73.7 cm³/mol. The zero-order valence-corrected chi connectivity index (χ0v) is 10.8. The first kappa shape index (κ1) is 13.3. The summed E-state index contributed by atoms with van der Waals surface area (Å²) in [6, 6.07) is 7.64. The van der Waals surface area contributed by atoms with Crippen molar-refractivity contribution in [2.24, 2.45) is 0 Å². The molecule has 0 amide bonds. The van der Waals surface area contributed by atoms with Crippen LogP contribution in [0.25, 0.3) is 0 Å². The van der Waals surface area contributed by atoms with Crippen molar-refractivity contribution in [3.63, 3.8) is 0 Å². The van der Waals surface area contributed by atoms with E-state index >= 15 is 0 Å². The van der Waals surface area contributed by atoms with Gasteiger partial charge in [-0.25, -0.2) is 0 Å². The van der Waals surface area contributed by atoms with Gasteiger partial charge in [0.15, 0.2) is 11.5 Å². The maximum atomic E-state index is 8.80. The van der Waals surface area contributed by atoms with Crippen molar-refractivity contribution in [1.82, 2.24) is 4.98 Å². The van der Waals surface area contributed by atoms with E-state index in [-0.39, 0.29) is 13.2 Å². The van der Waals surface area contributed by atoms with Crippen LogP contribution in [0.5, 0.6) is 11.5 Å². The molecule has 102 valence electrons. The Morgan fingerprint density at radius 2 is 2.16 bits per heavy atom. The van der Waals surface area contributed by atoms with Crippen LogP contribution in [0.4, 0.5) is 5.69 Å². The van der Waals surface area contributed by atoms with Gasteiger partial charge < -0.3 is 24.9 Å². The molecule has 0 fully saturated rings. The minimum atomic E-state index is -0.0237. The lowest BCUT2D eigenvalue weighted by Gasteiger charge is -2.12. The smallest absolute Gasteiger partial charge is 0.163 e. The van der Waals surface area contributed by atoms with Crippen LogP contribution in [0.3, 0.4) is 0 Å². The van der Waals surface area contributed by atoms with Crippen LogP contribution in [0.15, 0.2) is 36.7 Å². The van der Waals surface area contributed by atoms with Crippen LogP contribution in [-0.2, 0) is 6.54 Å². The lowest BCUT2D eigenvalue weighted by atomic mass is 10.2. The van der Waals surface area contributed by atoms with Gasteiger partial charge in [0.25, 0.3) is 0 Å². The topological polar surface area (TPSA) is 66.5 Å². The first-order valence-electron chi connectivity index (χ1n) is 6.10. The van der Waals surface area contributed by atoms with Crippen molar-refractivity contribution >= 4 is 5.69 Å². The Morgan fingerprint density at radius 1 is 1.26 bits per heavy atom. The molecule has 0 aliphatic carbocycles. The number of H-pyrrole nitrogens is 1. The quantitative estimate of drug-likeness (QED) is 0.714. The number of ether oxygens (including phenoxy) is 2. The molecule has 5 heteroatoms. The molecule has 0 aliphatic rings. The molecule has 0 unspecified atom stereocenters. The van der Waals surface area contributed by atoms with E-state index < -0.39 is 0 Å². The molecular weight excluding hydrogens is 244 g/mol. The maximum absolute atomic E-state index is 8.80. The number of anilines is 1. The standard InChI is InChI=1S/C14H18N2O3/c1-18-13-3-2-12(8-14(13)19-7-6-17)16-10-11-4-5-15-9-11/h2-5,8-9,15-17H,6-7,10H2,1H3. The molecule has 2 aromatic rings. The number of aromatic amines is 1. The molecule has 1 aromatic carbocycles. The zero-order valence-electron chi connectivity index (χ0n) is 10.8. The normalized spacial score (nSPS) is 10.2.